The fourth-order valence-corrected chi connectivity index (χ4v) is 3.10. The van der Waals surface area contributed by atoms with Crippen molar-refractivity contribution in [2.75, 3.05) is 37.8 Å². The molecule has 0 aliphatic carbocycles. The van der Waals surface area contributed by atoms with Gasteiger partial charge in [-0.05, 0) is 55.8 Å². The summed E-state index contributed by atoms with van der Waals surface area (Å²) in [6.07, 6.45) is 0. The lowest BCUT2D eigenvalue weighted by Crippen LogP contribution is -2.36. The molecule has 148 valence electrons. The number of hydrogen-bond acceptors (Lipinski definition) is 5. The maximum atomic E-state index is 12.2. The number of hydrogen-bond donors (Lipinski definition) is 1. The average Bonchev–Trinajstić information content (AvgIpc) is 2.73. The normalized spacial score (nSPS) is 15.0. The van der Waals surface area contributed by atoms with Crippen molar-refractivity contribution in [2.24, 2.45) is 0 Å². The number of benzene rings is 2. The molecule has 0 aromatic heterocycles. The number of rotatable bonds is 7. The van der Waals surface area contributed by atoms with Crippen LogP contribution in [0.3, 0.4) is 0 Å². The van der Waals surface area contributed by atoms with Crippen LogP contribution >= 0.6 is 0 Å². The monoisotopic (exact) mass is 382 g/mol. The number of carbonyl (C=O) groups excluding carboxylic acids is 2. The molecule has 0 saturated carbocycles. The molecule has 1 N–H and O–H groups in total. The smallest absolute Gasteiger partial charge is 0.258 e. The van der Waals surface area contributed by atoms with E-state index in [1.807, 2.05) is 19.1 Å². The van der Waals surface area contributed by atoms with Gasteiger partial charge in [-0.1, -0.05) is 12.1 Å². The van der Waals surface area contributed by atoms with Gasteiger partial charge in [0.2, 0.25) is 0 Å². The number of ether oxygens (including phenoxy) is 2. The van der Waals surface area contributed by atoms with Gasteiger partial charge in [-0.25, -0.2) is 0 Å². The van der Waals surface area contributed by atoms with Crippen LogP contribution in [0, 0.1) is 0 Å². The minimum absolute atomic E-state index is 0.00208. The molecule has 1 saturated heterocycles. The molecule has 1 amide bonds. The SMILES string of the molecule is CC(=O)c1ccc(OCC(=O)NC(C)c2ccc(N3CCOCC3)cc2)cc1. The number of ketones is 1. The molecule has 1 aliphatic heterocycles. The van der Waals surface area contributed by atoms with Gasteiger partial charge in [0.25, 0.3) is 5.91 Å². The molecule has 1 unspecified atom stereocenters. The first-order valence-electron chi connectivity index (χ1n) is 9.49. The minimum atomic E-state index is -0.194. The lowest BCUT2D eigenvalue weighted by molar-refractivity contribution is -0.123. The molecule has 0 spiro atoms. The maximum Gasteiger partial charge on any atom is 0.258 e. The van der Waals surface area contributed by atoms with Gasteiger partial charge in [0.15, 0.2) is 12.4 Å². The van der Waals surface area contributed by atoms with Gasteiger partial charge in [0.05, 0.1) is 19.3 Å². The Hall–Kier alpha value is -2.86. The number of nitrogens with zero attached hydrogens (tertiary/aromatic N) is 1. The topological polar surface area (TPSA) is 67.9 Å². The van der Waals surface area contributed by atoms with Crippen molar-refractivity contribution >= 4 is 17.4 Å². The average molecular weight is 382 g/mol. The third-order valence-corrected chi connectivity index (χ3v) is 4.78. The van der Waals surface area contributed by atoms with Crippen molar-refractivity contribution in [3.63, 3.8) is 0 Å². The van der Waals surface area contributed by atoms with Gasteiger partial charge >= 0.3 is 0 Å². The van der Waals surface area contributed by atoms with Gasteiger partial charge in [-0.15, -0.1) is 0 Å². The zero-order chi connectivity index (χ0) is 19.9. The van der Waals surface area contributed by atoms with Gasteiger partial charge in [-0.2, -0.15) is 0 Å². The number of carbonyl (C=O) groups is 2. The van der Waals surface area contributed by atoms with Crippen LogP contribution in [0.5, 0.6) is 5.75 Å². The van der Waals surface area contributed by atoms with Crippen LogP contribution in [0.1, 0.15) is 35.8 Å². The lowest BCUT2D eigenvalue weighted by atomic mass is 10.1. The lowest BCUT2D eigenvalue weighted by Gasteiger charge is -2.29. The predicted molar refractivity (Wildman–Crippen MR) is 108 cm³/mol. The molecule has 1 aliphatic rings. The van der Waals surface area contributed by atoms with Crippen molar-refractivity contribution in [3.05, 3.63) is 59.7 Å². The molecule has 1 heterocycles. The number of morpholine rings is 1. The van der Waals surface area contributed by atoms with Crippen molar-refractivity contribution in [1.82, 2.24) is 5.32 Å². The van der Waals surface area contributed by atoms with E-state index in [1.165, 1.54) is 12.6 Å². The van der Waals surface area contributed by atoms with Crippen molar-refractivity contribution in [1.29, 1.82) is 0 Å². The quantitative estimate of drug-likeness (QED) is 0.746. The Morgan fingerprint density at radius 2 is 1.71 bits per heavy atom. The first-order chi connectivity index (χ1) is 13.5. The third-order valence-electron chi connectivity index (χ3n) is 4.78. The van der Waals surface area contributed by atoms with E-state index in [2.05, 4.69) is 22.3 Å². The number of anilines is 1. The molecule has 1 atom stereocenters. The zero-order valence-electron chi connectivity index (χ0n) is 16.3. The predicted octanol–water partition coefficient (Wildman–Crippen LogP) is 2.98. The molecule has 0 bridgehead atoms. The Morgan fingerprint density at radius 1 is 1.07 bits per heavy atom. The van der Waals surface area contributed by atoms with Crippen molar-refractivity contribution < 1.29 is 19.1 Å². The highest BCUT2D eigenvalue weighted by molar-refractivity contribution is 5.94. The summed E-state index contributed by atoms with van der Waals surface area (Å²) in [6, 6.07) is 14.9. The molecule has 3 rings (SSSR count). The van der Waals surface area contributed by atoms with Crippen molar-refractivity contribution in [3.8, 4) is 5.75 Å². The molecule has 28 heavy (non-hydrogen) atoms. The molecule has 6 heteroatoms. The van der Waals surface area contributed by atoms with Gasteiger partial charge in [0, 0.05) is 24.3 Å². The zero-order valence-corrected chi connectivity index (χ0v) is 16.3. The van der Waals surface area contributed by atoms with Gasteiger partial charge in [-0.3, -0.25) is 9.59 Å². The Balaban J connectivity index is 1.48. The van der Waals surface area contributed by atoms with Gasteiger partial charge < -0.3 is 19.7 Å². The second-order valence-electron chi connectivity index (χ2n) is 6.85. The summed E-state index contributed by atoms with van der Waals surface area (Å²) >= 11 is 0. The molecule has 6 nitrogen and oxygen atoms in total. The minimum Gasteiger partial charge on any atom is -0.484 e. The van der Waals surface area contributed by atoms with E-state index >= 15 is 0 Å². The first-order valence-corrected chi connectivity index (χ1v) is 9.49. The third kappa shape index (κ3) is 5.33. The van der Waals surface area contributed by atoms with Gasteiger partial charge in [0.1, 0.15) is 5.75 Å². The van der Waals surface area contributed by atoms with Crippen LogP contribution in [-0.4, -0.2) is 44.6 Å². The Labute approximate surface area is 165 Å². The van der Waals surface area contributed by atoms with Crippen LogP contribution in [0.15, 0.2) is 48.5 Å². The highest BCUT2D eigenvalue weighted by Crippen LogP contribution is 2.20. The largest absolute Gasteiger partial charge is 0.484 e. The summed E-state index contributed by atoms with van der Waals surface area (Å²) in [5.74, 6) is 0.362. The van der Waals surface area contributed by atoms with Crippen LogP contribution in [-0.2, 0) is 9.53 Å². The van der Waals surface area contributed by atoms with E-state index in [9.17, 15) is 9.59 Å². The molecular weight excluding hydrogens is 356 g/mol. The van der Waals surface area contributed by atoms with E-state index in [-0.39, 0.29) is 24.3 Å². The standard InChI is InChI=1S/C22H26N2O4/c1-16(18-3-7-20(8-4-18)24-11-13-27-14-12-24)23-22(26)15-28-21-9-5-19(6-10-21)17(2)25/h3-10,16H,11-15H2,1-2H3,(H,23,26). The van der Waals surface area contributed by atoms with Crippen LogP contribution < -0.4 is 15.0 Å². The van der Waals surface area contributed by atoms with Crippen LogP contribution in [0.2, 0.25) is 0 Å². The summed E-state index contributed by atoms with van der Waals surface area (Å²) in [5, 5.41) is 2.94. The summed E-state index contributed by atoms with van der Waals surface area (Å²) < 4.78 is 10.9. The highest BCUT2D eigenvalue weighted by Gasteiger charge is 2.13. The molecule has 2 aromatic rings. The second kappa shape index (κ2) is 9.37. The summed E-state index contributed by atoms with van der Waals surface area (Å²) in [7, 11) is 0. The Morgan fingerprint density at radius 3 is 2.32 bits per heavy atom. The number of nitrogens with one attached hydrogen (secondary N) is 1. The van der Waals surface area contributed by atoms with Crippen molar-refractivity contribution in [2.45, 2.75) is 19.9 Å². The van der Waals surface area contributed by atoms with E-state index in [0.29, 0.717) is 11.3 Å². The highest BCUT2D eigenvalue weighted by atomic mass is 16.5. The van der Waals surface area contributed by atoms with Crippen LogP contribution in [0.4, 0.5) is 5.69 Å². The van der Waals surface area contributed by atoms with E-state index in [0.717, 1.165) is 31.9 Å². The van der Waals surface area contributed by atoms with E-state index in [1.54, 1.807) is 24.3 Å². The number of amides is 1. The second-order valence-corrected chi connectivity index (χ2v) is 6.85. The molecular formula is C22H26N2O4. The summed E-state index contributed by atoms with van der Waals surface area (Å²) in [6.45, 7) is 6.70. The Bertz CT molecular complexity index is 796. The van der Waals surface area contributed by atoms with Crippen LogP contribution in [0.25, 0.3) is 0 Å². The summed E-state index contributed by atoms with van der Waals surface area (Å²) in [4.78, 5) is 25.7. The Kier molecular flexibility index (Phi) is 6.66. The summed E-state index contributed by atoms with van der Waals surface area (Å²) in [5.41, 5.74) is 2.82. The molecule has 1 fully saturated rings. The molecule has 2 aromatic carbocycles. The van der Waals surface area contributed by atoms with E-state index in [4.69, 9.17) is 9.47 Å². The molecule has 0 radical (unpaired) electrons. The fourth-order valence-electron chi connectivity index (χ4n) is 3.10. The fraction of sp³-hybridized carbons (Fsp3) is 0.364. The maximum absolute atomic E-state index is 12.2. The first kappa shape index (κ1) is 19.9. The van der Waals surface area contributed by atoms with E-state index < -0.39 is 0 Å². The number of Topliss-reactive ketones (excluding diaryl/α,β-unsaturated/α-hetero) is 1.